The minimum Gasteiger partial charge on any atom is -0.337 e. The van der Waals surface area contributed by atoms with Gasteiger partial charge in [-0.1, -0.05) is 5.16 Å². The number of hydrogen-bond donors (Lipinski definition) is 2. The van der Waals surface area contributed by atoms with Crippen LogP contribution in [0.2, 0.25) is 0 Å². The molecule has 1 aromatic heterocycles. The Morgan fingerprint density at radius 2 is 1.72 bits per heavy atom. The molecule has 4 fully saturated rings. The van der Waals surface area contributed by atoms with Crippen LogP contribution in [0.25, 0.3) is 0 Å². The molecule has 4 nitrogen and oxygen atoms in total. The van der Waals surface area contributed by atoms with E-state index in [4.69, 9.17) is 10.4 Å². The van der Waals surface area contributed by atoms with E-state index in [1.165, 1.54) is 37.7 Å². The number of aryl methyl sites for hydroxylation is 1. The van der Waals surface area contributed by atoms with E-state index < -0.39 is 0 Å². The molecule has 3 N–H and O–H groups in total. The summed E-state index contributed by atoms with van der Waals surface area (Å²) >= 11 is 0. The molecule has 1 heterocycles. The summed E-state index contributed by atoms with van der Waals surface area (Å²) in [5, 5.41) is 4.10. The minimum atomic E-state index is 0.634. The van der Waals surface area contributed by atoms with Crippen molar-refractivity contribution < 1.29 is 4.52 Å². The highest BCUT2D eigenvalue weighted by atomic mass is 16.5. The molecule has 0 amide bonds. The molecule has 0 saturated heterocycles. The van der Waals surface area contributed by atoms with Crippen LogP contribution in [0.1, 0.15) is 49.3 Å². The van der Waals surface area contributed by atoms with E-state index in [2.05, 4.69) is 10.6 Å². The molecule has 0 aliphatic heterocycles. The van der Waals surface area contributed by atoms with Crippen LogP contribution in [-0.4, -0.2) is 5.16 Å². The average molecular weight is 247 g/mol. The first-order valence-corrected chi connectivity index (χ1v) is 7.19. The third-order valence-corrected chi connectivity index (χ3v) is 5.60. The molecule has 1 aromatic rings. The van der Waals surface area contributed by atoms with Gasteiger partial charge >= 0.3 is 0 Å². The zero-order chi connectivity index (χ0) is 12.3. The third-order valence-electron chi connectivity index (χ3n) is 5.60. The van der Waals surface area contributed by atoms with Gasteiger partial charge in [-0.25, -0.2) is 5.84 Å². The van der Waals surface area contributed by atoms with Crippen molar-refractivity contribution in [2.75, 3.05) is 5.43 Å². The van der Waals surface area contributed by atoms with Crippen molar-refractivity contribution >= 4 is 5.88 Å². The van der Waals surface area contributed by atoms with Crippen molar-refractivity contribution in [2.45, 2.75) is 44.9 Å². The highest BCUT2D eigenvalue weighted by molar-refractivity contribution is 5.46. The topological polar surface area (TPSA) is 64.1 Å². The fraction of sp³-hybridized carbons (Fsp3) is 0.786. The first-order valence-electron chi connectivity index (χ1n) is 7.19. The van der Waals surface area contributed by atoms with Crippen LogP contribution in [0.5, 0.6) is 0 Å². The Kier molecular flexibility index (Phi) is 2.25. The van der Waals surface area contributed by atoms with Crippen LogP contribution < -0.4 is 11.3 Å². The Labute approximate surface area is 107 Å². The Morgan fingerprint density at radius 3 is 2.28 bits per heavy atom. The summed E-state index contributed by atoms with van der Waals surface area (Å²) < 4.78 is 5.32. The molecular formula is C14H21N3O. The first kappa shape index (κ1) is 10.9. The second kappa shape index (κ2) is 3.73. The number of hydrogen-bond acceptors (Lipinski definition) is 4. The molecule has 98 valence electrons. The monoisotopic (exact) mass is 247 g/mol. The molecule has 0 aromatic carbocycles. The van der Waals surface area contributed by atoms with Gasteiger partial charge in [0.1, 0.15) is 0 Å². The van der Waals surface area contributed by atoms with Gasteiger partial charge in [0.15, 0.2) is 0 Å². The lowest BCUT2D eigenvalue weighted by atomic mass is 9.50. The number of aromatic nitrogens is 1. The molecule has 0 unspecified atom stereocenters. The lowest BCUT2D eigenvalue weighted by Gasteiger charge is -2.54. The molecule has 0 atom stereocenters. The van der Waals surface area contributed by atoms with E-state index in [9.17, 15) is 0 Å². The molecule has 4 bridgehead atoms. The van der Waals surface area contributed by atoms with Crippen molar-refractivity contribution in [3.05, 3.63) is 11.3 Å². The SMILES string of the molecule is Cc1noc(NN)c1C1C2CC3CC(C2)CC1C3. The summed E-state index contributed by atoms with van der Waals surface area (Å²) in [6.07, 6.45) is 7.13. The zero-order valence-corrected chi connectivity index (χ0v) is 10.9. The maximum absolute atomic E-state index is 5.57. The fourth-order valence-electron chi connectivity index (χ4n) is 5.27. The van der Waals surface area contributed by atoms with Gasteiger partial charge in [-0.05, 0) is 68.6 Å². The van der Waals surface area contributed by atoms with Crippen LogP contribution in [0.15, 0.2) is 4.52 Å². The number of hydrazine groups is 1. The van der Waals surface area contributed by atoms with Crippen LogP contribution in [-0.2, 0) is 0 Å². The first-order chi connectivity index (χ1) is 8.76. The molecule has 0 spiro atoms. The molecule has 4 saturated carbocycles. The third kappa shape index (κ3) is 1.38. The van der Waals surface area contributed by atoms with Gasteiger partial charge in [0, 0.05) is 5.56 Å². The Hall–Kier alpha value is -1.03. The van der Waals surface area contributed by atoms with Gasteiger partial charge in [0.2, 0.25) is 5.88 Å². The van der Waals surface area contributed by atoms with Crippen LogP contribution in [0.3, 0.4) is 0 Å². The summed E-state index contributed by atoms with van der Waals surface area (Å²) in [5.41, 5.74) is 4.99. The summed E-state index contributed by atoms with van der Waals surface area (Å²) in [6, 6.07) is 0. The second-order valence-corrected chi connectivity index (χ2v) is 6.61. The van der Waals surface area contributed by atoms with E-state index in [1.807, 2.05) is 6.92 Å². The molecular weight excluding hydrogens is 226 g/mol. The Bertz CT molecular complexity index is 440. The van der Waals surface area contributed by atoms with Gasteiger partial charge < -0.3 is 4.52 Å². The Morgan fingerprint density at radius 1 is 1.11 bits per heavy atom. The summed E-state index contributed by atoms with van der Waals surface area (Å²) in [4.78, 5) is 0. The molecule has 4 aliphatic carbocycles. The molecule has 5 rings (SSSR count). The van der Waals surface area contributed by atoms with Crippen molar-refractivity contribution in [1.82, 2.24) is 5.16 Å². The van der Waals surface area contributed by atoms with Crippen molar-refractivity contribution in [3.63, 3.8) is 0 Å². The minimum absolute atomic E-state index is 0.634. The predicted octanol–water partition coefficient (Wildman–Crippen LogP) is 2.81. The number of nitrogens with zero attached hydrogens (tertiary/aromatic N) is 1. The highest BCUT2D eigenvalue weighted by Crippen LogP contribution is 2.60. The average Bonchev–Trinajstić information content (AvgIpc) is 2.70. The number of nitrogens with two attached hydrogens (primary N) is 1. The normalized spacial score (nSPS) is 41.3. The largest absolute Gasteiger partial charge is 0.337 e. The molecule has 4 heteroatoms. The fourth-order valence-corrected chi connectivity index (χ4v) is 5.27. The number of rotatable bonds is 2. The van der Waals surface area contributed by atoms with Gasteiger partial charge in [-0.15, -0.1) is 0 Å². The van der Waals surface area contributed by atoms with Gasteiger partial charge in [-0.3, -0.25) is 5.43 Å². The maximum Gasteiger partial charge on any atom is 0.242 e. The predicted molar refractivity (Wildman–Crippen MR) is 68.8 cm³/mol. The van der Waals surface area contributed by atoms with Crippen LogP contribution >= 0.6 is 0 Å². The van der Waals surface area contributed by atoms with Gasteiger partial charge in [-0.2, -0.15) is 0 Å². The van der Waals surface area contributed by atoms with Gasteiger partial charge in [0.25, 0.3) is 0 Å². The maximum atomic E-state index is 5.57. The van der Waals surface area contributed by atoms with Crippen LogP contribution in [0.4, 0.5) is 5.88 Å². The lowest BCUT2D eigenvalue weighted by Crippen LogP contribution is -2.44. The van der Waals surface area contributed by atoms with E-state index in [1.54, 1.807) is 0 Å². The van der Waals surface area contributed by atoms with E-state index in [-0.39, 0.29) is 0 Å². The highest BCUT2D eigenvalue weighted by Gasteiger charge is 2.50. The molecule has 4 aliphatic rings. The number of nitrogens with one attached hydrogen (secondary N) is 1. The second-order valence-electron chi connectivity index (χ2n) is 6.61. The van der Waals surface area contributed by atoms with E-state index >= 15 is 0 Å². The van der Waals surface area contributed by atoms with E-state index in [0.717, 1.165) is 29.4 Å². The number of anilines is 1. The molecule has 0 radical (unpaired) electrons. The lowest BCUT2D eigenvalue weighted by molar-refractivity contribution is -0.00287. The zero-order valence-electron chi connectivity index (χ0n) is 10.9. The summed E-state index contributed by atoms with van der Waals surface area (Å²) in [6.45, 7) is 2.05. The summed E-state index contributed by atoms with van der Waals surface area (Å²) in [7, 11) is 0. The smallest absolute Gasteiger partial charge is 0.242 e. The standard InChI is InChI=1S/C14H21N3O/c1-7-12(14(16-15)18-17-7)13-10-3-8-2-9(5-10)6-11(13)4-8/h8-11,13,16H,2-6,15H2,1H3. The van der Waals surface area contributed by atoms with Gasteiger partial charge in [0.05, 0.1) is 5.69 Å². The van der Waals surface area contributed by atoms with Crippen molar-refractivity contribution in [1.29, 1.82) is 0 Å². The summed E-state index contributed by atoms with van der Waals surface area (Å²) in [5.74, 6) is 10.6. The Balaban J connectivity index is 1.74. The van der Waals surface area contributed by atoms with Crippen molar-refractivity contribution in [2.24, 2.45) is 29.5 Å². The van der Waals surface area contributed by atoms with E-state index in [0.29, 0.717) is 11.8 Å². The molecule has 18 heavy (non-hydrogen) atoms. The quantitative estimate of drug-likeness (QED) is 0.623. The van der Waals surface area contributed by atoms with Crippen molar-refractivity contribution in [3.8, 4) is 0 Å². The number of nitrogen functional groups attached to an aromatic ring is 1. The van der Waals surface area contributed by atoms with Crippen LogP contribution in [0, 0.1) is 30.6 Å².